The van der Waals surface area contributed by atoms with Crippen molar-refractivity contribution in [2.75, 3.05) is 6.61 Å². The van der Waals surface area contributed by atoms with Gasteiger partial charge in [0, 0.05) is 17.2 Å². The number of benzene rings is 2. The van der Waals surface area contributed by atoms with Gasteiger partial charge in [0.15, 0.2) is 12.9 Å². The molecule has 0 aromatic heterocycles. The van der Waals surface area contributed by atoms with E-state index in [9.17, 15) is 19.7 Å². The molecule has 7 nitrogen and oxygen atoms in total. The van der Waals surface area contributed by atoms with Crippen molar-refractivity contribution in [2.45, 2.75) is 13.0 Å². The summed E-state index contributed by atoms with van der Waals surface area (Å²) in [6.07, 6.45) is 0.437. The van der Waals surface area contributed by atoms with Crippen LogP contribution in [0.2, 0.25) is 5.02 Å². The van der Waals surface area contributed by atoms with Crippen LogP contribution in [0.3, 0.4) is 0 Å². The van der Waals surface area contributed by atoms with Crippen molar-refractivity contribution in [1.29, 1.82) is 0 Å². The van der Waals surface area contributed by atoms with Crippen LogP contribution in [0.4, 0.5) is 5.69 Å². The van der Waals surface area contributed by atoms with E-state index in [2.05, 4.69) is 5.32 Å². The van der Waals surface area contributed by atoms with Gasteiger partial charge in [-0.15, -0.1) is 0 Å². The van der Waals surface area contributed by atoms with Crippen LogP contribution in [0, 0.1) is 10.1 Å². The quantitative estimate of drug-likeness (QED) is 0.463. The Labute approximate surface area is 148 Å². The Balaban J connectivity index is 1.99. The maximum atomic E-state index is 12.0. The molecule has 0 saturated carbocycles. The van der Waals surface area contributed by atoms with Crippen molar-refractivity contribution in [1.82, 2.24) is 5.32 Å². The third-order valence-electron chi connectivity index (χ3n) is 3.44. The van der Waals surface area contributed by atoms with Crippen molar-refractivity contribution in [3.05, 3.63) is 68.7 Å². The number of carbonyl (C=O) groups excluding carboxylic acids is 2. The number of rotatable bonds is 7. The number of nitro groups is 1. The van der Waals surface area contributed by atoms with E-state index in [-0.39, 0.29) is 29.6 Å². The second-order valence-electron chi connectivity index (χ2n) is 5.20. The van der Waals surface area contributed by atoms with Crippen LogP contribution in [-0.2, 0) is 4.79 Å². The molecule has 0 radical (unpaired) electrons. The molecule has 2 aromatic rings. The lowest BCUT2D eigenvalue weighted by atomic mass is 10.1. The summed E-state index contributed by atoms with van der Waals surface area (Å²) in [7, 11) is 0. The fourth-order valence-electron chi connectivity index (χ4n) is 2.20. The molecule has 0 aliphatic rings. The maximum Gasteiger partial charge on any atom is 0.270 e. The van der Waals surface area contributed by atoms with Crippen LogP contribution < -0.4 is 10.1 Å². The number of non-ortho nitro benzene ring substituents is 1. The molecule has 0 bridgehead atoms. The summed E-state index contributed by atoms with van der Waals surface area (Å²) < 4.78 is 5.29. The molecule has 1 atom stereocenters. The first-order chi connectivity index (χ1) is 11.9. The molecule has 0 fully saturated rings. The molecule has 2 aromatic carbocycles. The molecule has 8 heteroatoms. The van der Waals surface area contributed by atoms with Gasteiger partial charge >= 0.3 is 0 Å². The minimum atomic E-state index is -0.616. The molecule has 0 aliphatic heterocycles. The van der Waals surface area contributed by atoms with Crippen molar-refractivity contribution in [2.24, 2.45) is 0 Å². The lowest BCUT2D eigenvalue weighted by Gasteiger charge is -2.16. The number of aldehydes is 1. The first-order valence-corrected chi connectivity index (χ1v) is 7.70. The first-order valence-electron chi connectivity index (χ1n) is 7.32. The van der Waals surface area contributed by atoms with Gasteiger partial charge in [-0.05, 0) is 24.6 Å². The number of hydrogen-bond acceptors (Lipinski definition) is 5. The smallest absolute Gasteiger partial charge is 0.270 e. The van der Waals surface area contributed by atoms with Gasteiger partial charge in [0.2, 0.25) is 0 Å². The molecule has 1 amide bonds. The van der Waals surface area contributed by atoms with Gasteiger partial charge < -0.3 is 10.1 Å². The first kappa shape index (κ1) is 18.4. The fraction of sp³-hybridized carbons (Fsp3) is 0.176. The lowest BCUT2D eigenvalue weighted by Crippen LogP contribution is -2.31. The topological polar surface area (TPSA) is 98.5 Å². The number of nitrogens with one attached hydrogen (secondary N) is 1. The van der Waals surface area contributed by atoms with Gasteiger partial charge in [-0.1, -0.05) is 29.8 Å². The summed E-state index contributed by atoms with van der Waals surface area (Å²) in [4.78, 5) is 33.1. The molecule has 25 heavy (non-hydrogen) atoms. The molecule has 1 N–H and O–H groups in total. The SMILES string of the molecule is C[C@H](NC(=O)COc1ccc([N+](=O)[O-])cc1C=O)c1ccccc1Cl. The summed E-state index contributed by atoms with van der Waals surface area (Å²) in [5.41, 5.74) is 0.536. The lowest BCUT2D eigenvalue weighted by molar-refractivity contribution is -0.384. The van der Waals surface area contributed by atoms with Gasteiger partial charge in [-0.25, -0.2) is 0 Å². The minimum Gasteiger partial charge on any atom is -0.483 e. The summed E-state index contributed by atoms with van der Waals surface area (Å²) in [6.45, 7) is 1.44. The Hall–Kier alpha value is -2.93. The van der Waals surface area contributed by atoms with E-state index < -0.39 is 10.8 Å². The Kier molecular flexibility index (Phi) is 6.08. The Bertz CT molecular complexity index is 809. The van der Waals surface area contributed by atoms with Gasteiger partial charge in [0.25, 0.3) is 11.6 Å². The zero-order valence-electron chi connectivity index (χ0n) is 13.3. The average molecular weight is 363 g/mol. The third-order valence-corrected chi connectivity index (χ3v) is 3.78. The standard InChI is InChI=1S/C17H15ClN2O5/c1-11(14-4-2-3-5-15(14)18)19-17(22)10-25-16-7-6-13(20(23)24)8-12(16)9-21/h2-9,11H,10H2,1H3,(H,19,22)/t11-/m0/s1. The van der Waals surface area contributed by atoms with Gasteiger partial charge in [0.05, 0.1) is 16.5 Å². The highest BCUT2D eigenvalue weighted by molar-refractivity contribution is 6.31. The number of halogens is 1. The zero-order chi connectivity index (χ0) is 18.4. The molecule has 0 heterocycles. The Morgan fingerprint density at radius 1 is 1.36 bits per heavy atom. The van der Waals surface area contributed by atoms with E-state index in [1.165, 1.54) is 12.1 Å². The number of amides is 1. The molecule has 0 aliphatic carbocycles. The Morgan fingerprint density at radius 2 is 2.08 bits per heavy atom. The number of hydrogen-bond donors (Lipinski definition) is 1. The van der Waals surface area contributed by atoms with Crippen LogP contribution in [0.25, 0.3) is 0 Å². The van der Waals surface area contributed by atoms with Crippen molar-refractivity contribution >= 4 is 29.5 Å². The molecule has 0 unspecified atom stereocenters. The van der Waals surface area contributed by atoms with Gasteiger partial charge in [-0.2, -0.15) is 0 Å². The van der Waals surface area contributed by atoms with Crippen molar-refractivity contribution in [3.63, 3.8) is 0 Å². The molecule has 2 rings (SSSR count). The predicted molar refractivity (Wildman–Crippen MR) is 92.0 cm³/mol. The van der Waals surface area contributed by atoms with Crippen LogP contribution in [0.5, 0.6) is 5.75 Å². The summed E-state index contributed by atoms with van der Waals surface area (Å²) in [5.74, 6) is -0.316. The molecular formula is C17H15ClN2O5. The molecular weight excluding hydrogens is 348 g/mol. The average Bonchev–Trinajstić information content (AvgIpc) is 2.59. The summed E-state index contributed by atoms with van der Waals surface area (Å²) in [6, 6.07) is 10.4. The predicted octanol–water partition coefficient (Wildman–Crippen LogP) is 3.32. The number of nitro benzene ring substituents is 1. The van der Waals surface area contributed by atoms with Crippen LogP contribution in [-0.4, -0.2) is 23.7 Å². The monoisotopic (exact) mass is 362 g/mol. The largest absolute Gasteiger partial charge is 0.483 e. The van der Waals surface area contributed by atoms with Crippen molar-refractivity contribution < 1.29 is 19.2 Å². The van der Waals surface area contributed by atoms with E-state index in [1.807, 2.05) is 6.07 Å². The molecule has 0 spiro atoms. The Morgan fingerprint density at radius 3 is 2.72 bits per heavy atom. The summed E-state index contributed by atoms with van der Waals surface area (Å²) >= 11 is 6.08. The fourth-order valence-corrected chi connectivity index (χ4v) is 2.50. The van der Waals surface area contributed by atoms with E-state index in [0.717, 1.165) is 11.6 Å². The molecule has 130 valence electrons. The van der Waals surface area contributed by atoms with Gasteiger partial charge in [0.1, 0.15) is 5.75 Å². The highest BCUT2D eigenvalue weighted by Gasteiger charge is 2.15. The van der Waals surface area contributed by atoms with E-state index >= 15 is 0 Å². The van der Waals surface area contributed by atoms with E-state index in [4.69, 9.17) is 16.3 Å². The second-order valence-corrected chi connectivity index (χ2v) is 5.60. The van der Waals surface area contributed by atoms with Crippen molar-refractivity contribution in [3.8, 4) is 5.75 Å². The number of ether oxygens (including phenoxy) is 1. The highest BCUT2D eigenvalue weighted by atomic mass is 35.5. The van der Waals surface area contributed by atoms with Crippen LogP contribution in [0.15, 0.2) is 42.5 Å². The van der Waals surface area contributed by atoms with Crippen LogP contribution >= 0.6 is 11.6 Å². The highest BCUT2D eigenvalue weighted by Crippen LogP contribution is 2.24. The molecule has 0 saturated heterocycles. The minimum absolute atomic E-state index is 0.00107. The van der Waals surface area contributed by atoms with E-state index in [1.54, 1.807) is 25.1 Å². The van der Waals surface area contributed by atoms with Gasteiger partial charge in [-0.3, -0.25) is 19.7 Å². The van der Waals surface area contributed by atoms with Crippen LogP contribution in [0.1, 0.15) is 28.9 Å². The zero-order valence-corrected chi connectivity index (χ0v) is 14.0. The third kappa shape index (κ3) is 4.77. The second kappa shape index (κ2) is 8.25. The van der Waals surface area contributed by atoms with E-state index in [0.29, 0.717) is 11.3 Å². The number of nitrogens with zero attached hydrogens (tertiary/aromatic N) is 1. The number of carbonyl (C=O) groups is 2. The summed E-state index contributed by atoms with van der Waals surface area (Å²) in [5, 5.41) is 14.0. The normalized spacial score (nSPS) is 11.4. The maximum absolute atomic E-state index is 12.0.